The predicted molar refractivity (Wildman–Crippen MR) is 134 cm³/mol. The van der Waals surface area contributed by atoms with E-state index in [1.54, 1.807) is 0 Å². The Labute approximate surface area is 206 Å². The second kappa shape index (κ2) is 12.5. The molecule has 3 aliphatic rings. The highest BCUT2D eigenvalue weighted by Crippen LogP contribution is 2.50. The standard InChI is InChI=1S/C29H45NO4/c1-2-3-4-9-17-29(33-20-21-34-29)19-14-26-13-8-10-16-28(26)18-15-27(30(28)24-31)23-32-22-25-11-6-5-7-12-25/h5-7,11-12,24,26-27H,2-4,8-10,13-23H2,1H3/t26-,27-,28+/m0/s1. The fourth-order valence-electron chi connectivity index (χ4n) is 6.79. The number of hydrogen-bond donors (Lipinski definition) is 0. The SMILES string of the molecule is CCCCCCC1(CC[C@@H]2CCCC[C@@]23CC[C@@H](COCc2ccccc2)N3C=O)OCCO1. The first kappa shape index (κ1) is 25.7. The van der Waals surface area contributed by atoms with Gasteiger partial charge in [-0.2, -0.15) is 0 Å². The van der Waals surface area contributed by atoms with Gasteiger partial charge in [0.1, 0.15) is 0 Å². The van der Waals surface area contributed by atoms with Crippen molar-refractivity contribution in [1.82, 2.24) is 4.90 Å². The molecule has 1 spiro atoms. The minimum atomic E-state index is -0.394. The summed E-state index contributed by atoms with van der Waals surface area (Å²) in [5.74, 6) is 0.126. The Morgan fingerprint density at radius 3 is 2.62 bits per heavy atom. The van der Waals surface area contributed by atoms with Crippen molar-refractivity contribution < 1.29 is 19.0 Å². The van der Waals surface area contributed by atoms with Crippen LogP contribution in [-0.4, -0.2) is 48.5 Å². The van der Waals surface area contributed by atoms with Crippen molar-refractivity contribution >= 4 is 6.41 Å². The highest BCUT2D eigenvalue weighted by Gasteiger charge is 2.52. The van der Waals surface area contributed by atoms with Crippen LogP contribution in [0, 0.1) is 5.92 Å². The van der Waals surface area contributed by atoms with Gasteiger partial charge in [0, 0.05) is 18.4 Å². The molecule has 1 aromatic carbocycles. The lowest BCUT2D eigenvalue weighted by molar-refractivity contribution is -0.173. The minimum absolute atomic E-state index is 0.0111. The van der Waals surface area contributed by atoms with Crippen LogP contribution in [0.3, 0.4) is 0 Å². The van der Waals surface area contributed by atoms with E-state index in [9.17, 15) is 4.79 Å². The molecular weight excluding hydrogens is 426 g/mol. The second-order valence-corrected chi connectivity index (χ2v) is 10.7. The average Bonchev–Trinajstić information content (AvgIpc) is 3.48. The second-order valence-electron chi connectivity index (χ2n) is 10.7. The van der Waals surface area contributed by atoms with Gasteiger partial charge in [0.2, 0.25) is 6.41 Å². The van der Waals surface area contributed by atoms with Crippen LogP contribution in [0.2, 0.25) is 0 Å². The number of rotatable bonds is 13. The van der Waals surface area contributed by atoms with Crippen molar-refractivity contribution in [3.8, 4) is 0 Å². The van der Waals surface area contributed by atoms with Crippen molar-refractivity contribution in [2.24, 2.45) is 5.92 Å². The molecular formula is C29H45NO4. The monoisotopic (exact) mass is 471 g/mol. The Bertz CT molecular complexity index is 735. The van der Waals surface area contributed by atoms with E-state index in [1.807, 2.05) is 18.2 Å². The van der Waals surface area contributed by atoms with E-state index in [-0.39, 0.29) is 11.6 Å². The van der Waals surface area contributed by atoms with Gasteiger partial charge in [-0.1, -0.05) is 69.4 Å². The molecule has 2 saturated heterocycles. The van der Waals surface area contributed by atoms with Crippen LogP contribution in [0.15, 0.2) is 30.3 Å². The predicted octanol–water partition coefficient (Wildman–Crippen LogP) is 6.25. The first-order valence-corrected chi connectivity index (χ1v) is 13.8. The summed E-state index contributed by atoms with van der Waals surface area (Å²) in [5.41, 5.74) is 1.17. The zero-order chi connectivity index (χ0) is 23.7. The van der Waals surface area contributed by atoms with Crippen molar-refractivity contribution in [2.45, 2.75) is 114 Å². The molecule has 3 atom stereocenters. The van der Waals surface area contributed by atoms with Gasteiger partial charge in [-0.05, 0) is 50.0 Å². The molecule has 190 valence electrons. The number of amides is 1. The fourth-order valence-corrected chi connectivity index (χ4v) is 6.79. The quantitative estimate of drug-likeness (QED) is 0.252. The normalized spacial score (nSPS) is 28.6. The van der Waals surface area contributed by atoms with Gasteiger partial charge in [-0.3, -0.25) is 4.79 Å². The van der Waals surface area contributed by atoms with Crippen molar-refractivity contribution in [3.05, 3.63) is 35.9 Å². The lowest BCUT2D eigenvalue weighted by Crippen LogP contribution is -2.54. The summed E-state index contributed by atoms with van der Waals surface area (Å²) in [5, 5.41) is 0. The molecule has 1 aromatic rings. The first-order valence-electron chi connectivity index (χ1n) is 13.8. The molecule has 0 aromatic heterocycles. The van der Waals surface area contributed by atoms with Gasteiger partial charge in [0.15, 0.2) is 5.79 Å². The Balaban J connectivity index is 1.36. The molecule has 0 N–H and O–H groups in total. The number of likely N-dealkylation sites (tertiary alicyclic amines) is 1. The first-order chi connectivity index (χ1) is 16.7. The molecule has 0 bridgehead atoms. The number of ether oxygens (including phenoxy) is 3. The maximum Gasteiger partial charge on any atom is 0.210 e. The molecule has 4 rings (SSSR count). The third kappa shape index (κ3) is 6.03. The fraction of sp³-hybridized carbons (Fsp3) is 0.759. The topological polar surface area (TPSA) is 48.0 Å². The van der Waals surface area contributed by atoms with Crippen molar-refractivity contribution in [3.63, 3.8) is 0 Å². The van der Waals surface area contributed by atoms with E-state index in [0.717, 1.165) is 44.9 Å². The number of hydrogen-bond acceptors (Lipinski definition) is 4. The number of unbranched alkanes of at least 4 members (excludes halogenated alkanes) is 3. The molecule has 2 aliphatic heterocycles. The zero-order valence-corrected chi connectivity index (χ0v) is 21.2. The Morgan fingerprint density at radius 2 is 1.85 bits per heavy atom. The van der Waals surface area contributed by atoms with Crippen LogP contribution < -0.4 is 0 Å². The molecule has 2 heterocycles. The summed E-state index contributed by atoms with van der Waals surface area (Å²) < 4.78 is 18.5. The number of carbonyl (C=O) groups excluding carboxylic acids is 1. The van der Waals surface area contributed by atoms with E-state index in [0.29, 0.717) is 32.3 Å². The summed E-state index contributed by atoms with van der Waals surface area (Å²) in [4.78, 5) is 14.6. The molecule has 0 unspecified atom stereocenters. The third-order valence-electron chi connectivity index (χ3n) is 8.62. The molecule has 3 fully saturated rings. The van der Waals surface area contributed by atoms with Crippen LogP contribution in [0.1, 0.15) is 96.0 Å². The molecule has 1 saturated carbocycles. The van der Waals surface area contributed by atoms with Crippen molar-refractivity contribution in [1.29, 1.82) is 0 Å². The van der Waals surface area contributed by atoms with Crippen LogP contribution in [0.4, 0.5) is 0 Å². The Kier molecular flexibility index (Phi) is 9.44. The molecule has 5 heteroatoms. The van der Waals surface area contributed by atoms with Crippen molar-refractivity contribution in [2.75, 3.05) is 19.8 Å². The summed E-state index contributed by atoms with van der Waals surface area (Å²) in [6.45, 7) is 4.91. The lowest BCUT2D eigenvalue weighted by Gasteiger charge is -2.48. The Hall–Kier alpha value is -1.43. The number of benzene rings is 1. The molecule has 0 radical (unpaired) electrons. The summed E-state index contributed by atoms with van der Waals surface area (Å²) in [6, 6.07) is 10.5. The van der Waals surface area contributed by atoms with Gasteiger partial charge in [0.05, 0.1) is 32.5 Å². The zero-order valence-electron chi connectivity index (χ0n) is 21.2. The Morgan fingerprint density at radius 1 is 1.03 bits per heavy atom. The maximum atomic E-state index is 12.4. The van der Waals surface area contributed by atoms with Crippen LogP contribution >= 0.6 is 0 Å². The smallest absolute Gasteiger partial charge is 0.210 e. The van der Waals surface area contributed by atoms with Crippen LogP contribution in [0.5, 0.6) is 0 Å². The maximum absolute atomic E-state index is 12.4. The average molecular weight is 472 g/mol. The summed E-state index contributed by atoms with van der Waals surface area (Å²) in [7, 11) is 0. The van der Waals surface area contributed by atoms with Crippen LogP contribution in [-0.2, 0) is 25.6 Å². The molecule has 1 aliphatic carbocycles. The van der Waals surface area contributed by atoms with E-state index in [2.05, 4.69) is 24.0 Å². The van der Waals surface area contributed by atoms with Gasteiger partial charge < -0.3 is 19.1 Å². The number of nitrogens with zero attached hydrogens (tertiary/aromatic N) is 1. The van der Waals surface area contributed by atoms with E-state index < -0.39 is 5.79 Å². The third-order valence-corrected chi connectivity index (χ3v) is 8.62. The highest BCUT2D eigenvalue weighted by molar-refractivity contribution is 5.51. The van der Waals surface area contributed by atoms with Gasteiger partial charge in [-0.25, -0.2) is 0 Å². The molecule has 5 nitrogen and oxygen atoms in total. The van der Waals surface area contributed by atoms with Crippen LogP contribution in [0.25, 0.3) is 0 Å². The number of carbonyl (C=O) groups is 1. The summed E-state index contributed by atoms with van der Waals surface area (Å²) >= 11 is 0. The van der Waals surface area contributed by atoms with E-state index >= 15 is 0 Å². The van der Waals surface area contributed by atoms with E-state index in [1.165, 1.54) is 50.5 Å². The highest BCUT2D eigenvalue weighted by atomic mass is 16.7. The van der Waals surface area contributed by atoms with E-state index in [4.69, 9.17) is 14.2 Å². The van der Waals surface area contributed by atoms with Gasteiger partial charge >= 0.3 is 0 Å². The lowest BCUT2D eigenvalue weighted by atomic mass is 9.69. The summed E-state index contributed by atoms with van der Waals surface area (Å²) in [6.07, 6.45) is 16.1. The largest absolute Gasteiger partial charge is 0.375 e. The van der Waals surface area contributed by atoms with Gasteiger partial charge in [-0.15, -0.1) is 0 Å². The van der Waals surface area contributed by atoms with Gasteiger partial charge in [0.25, 0.3) is 0 Å². The molecule has 1 amide bonds. The molecule has 34 heavy (non-hydrogen) atoms. The minimum Gasteiger partial charge on any atom is -0.375 e.